The Morgan fingerprint density at radius 1 is 1.06 bits per heavy atom. The van der Waals surface area contributed by atoms with E-state index in [1.54, 1.807) is 23.9 Å². The highest BCUT2D eigenvalue weighted by atomic mass is 32.2. The lowest BCUT2D eigenvalue weighted by molar-refractivity contribution is 0.122. The molecule has 4 heterocycles. The van der Waals surface area contributed by atoms with Crippen molar-refractivity contribution in [1.82, 2.24) is 15.0 Å². The van der Waals surface area contributed by atoms with E-state index in [0.29, 0.717) is 18.9 Å². The number of nitrogens with zero attached hydrogens (tertiary/aromatic N) is 4. The quantitative estimate of drug-likeness (QED) is 0.591. The van der Waals surface area contributed by atoms with Gasteiger partial charge in [0.15, 0.2) is 11.0 Å². The summed E-state index contributed by atoms with van der Waals surface area (Å²) in [6, 6.07) is 3.84. The summed E-state index contributed by atoms with van der Waals surface area (Å²) >= 11 is 1.64. The highest BCUT2D eigenvalue weighted by Crippen LogP contribution is 2.26. The molecular weight excluding hydrogens is 442 g/mol. The molecule has 0 radical (unpaired) electrons. The number of nitrogens with one attached hydrogen (secondary N) is 1. The maximum Gasteiger partial charge on any atom is 0.151 e. The van der Waals surface area contributed by atoms with E-state index in [1.165, 1.54) is 0 Å². The van der Waals surface area contributed by atoms with Crippen LogP contribution in [0.3, 0.4) is 0 Å². The first-order chi connectivity index (χ1) is 15.4. The Hall–Kier alpha value is -2.80. The van der Waals surface area contributed by atoms with E-state index >= 15 is 0 Å². The van der Waals surface area contributed by atoms with E-state index in [-0.39, 0.29) is 0 Å². The van der Waals surface area contributed by atoms with E-state index < -0.39 is 11.0 Å². The smallest absolute Gasteiger partial charge is 0.151 e. The van der Waals surface area contributed by atoms with E-state index in [2.05, 4.69) is 36.4 Å². The van der Waals surface area contributed by atoms with Crippen molar-refractivity contribution in [3.8, 4) is 11.8 Å². The highest BCUT2D eigenvalue weighted by Gasteiger charge is 2.17. The number of aromatic nitrogens is 3. The average Bonchev–Trinajstić information content (AvgIpc) is 3.13. The summed E-state index contributed by atoms with van der Waals surface area (Å²) in [4.78, 5) is 18.4. The summed E-state index contributed by atoms with van der Waals surface area (Å²) in [5, 5.41) is 0. The molecule has 32 heavy (non-hydrogen) atoms. The molecule has 0 spiro atoms. The Bertz CT molecular complexity index is 1220. The number of aryl methyl sites for hydroxylation is 4. The number of ether oxygens (including phenoxy) is 1. The molecule has 1 N–H and O–H groups in total. The van der Waals surface area contributed by atoms with E-state index in [4.69, 9.17) is 4.74 Å². The molecule has 1 fully saturated rings. The molecule has 1 aliphatic heterocycles. The van der Waals surface area contributed by atoms with Crippen LogP contribution in [0.2, 0.25) is 0 Å². The lowest BCUT2D eigenvalue weighted by Gasteiger charge is -2.28. The van der Waals surface area contributed by atoms with Crippen LogP contribution < -0.4 is 9.62 Å². The van der Waals surface area contributed by atoms with Crippen molar-refractivity contribution in [2.45, 2.75) is 32.6 Å². The Morgan fingerprint density at radius 2 is 1.84 bits per heavy atom. The third-order valence-corrected chi connectivity index (χ3v) is 7.47. The van der Waals surface area contributed by atoms with Gasteiger partial charge in [0.25, 0.3) is 0 Å². The Balaban J connectivity index is 1.61. The maximum atomic E-state index is 12.9. The first-order valence-electron chi connectivity index (χ1n) is 10.3. The van der Waals surface area contributed by atoms with Crippen LogP contribution in [0.5, 0.6) is 0 Å². The average molecular weight is 468 g/mol. The second kappa shape index (κ2) is 9.77. The van der Waals surface area contributed by atoms with Crippen molar-refractivity contribution in [3.63, 3.8) is 0 Å². The number of hydrogen-bond donors (Lipinski definition) is 1. The van der Waals surface area contributed by atoms with Crippen LogP contribution in [0.1, 0.15) is 32.3 Å². The van der Waals surface area contributed by atoms with E-state index in [0.717, 1.165) is 56.1 Å². The lowest BCUT2D eigenvalue weighted by Crippen LogP contribution is -2.37. The van der Waals surface area contributed by atoms with Gasteiger partial charge in [-0.05, 0) is 39.8 Å². The molecule has 1 unspecified atom stereocenters. The summed E-state index contributed by atoms with van der Waals surface area (Å²) in [5.74, 6) is 7.26. The fourth-order valence-electron chi connectivity index (χ4n) is 3.41. The van der Waals surface area contributed by atoms with Crippen LogP contribution in [-0.4, -0.2) is 45.5 Å². The Morgan fingerprint density at radius 3 is 2.56 bits per heavy atom. The Labute approximate surface area is 194 Å². The van der Waals surface area contributed by atoms with Crippen molar-refractivity contribution >= 4 is 33.8 Å². The highest BCUT2D eigenvalue weighted by molar-refractivity contribution is 7.86. The second-order valence-electron chi connectivity index (χ2n) is 7.51. The lowest BCUT2D eigenvalue weighted by atomic mass is 10.1. The number of morpholine rings is 1. The summed E-state index contributed by atoms with van der Waals surface area (Å²) in [6.07, 6.45) is 3.30. The van der Waals surface area contributed by atoms with Crippen LogP contribution in [-0.2, 0) is 15.7 Å². The minimum Gasteiger partial charge on any atom is -0.378 e. The van der Waals surface area contributed by atoms with Gasteiger partial charge in [-0.15, -0.1) is 11.3 Å². The predicted octanol–water partition coefficient (Wildman–Crippen LogP) is 3.54. The molecule has 3 aromatic heterocycles. The molecule has 0 aliphatic carbocycles. The van der Waals surface area contributed by atoms with Crippen LogP contribution in [0.25, 0.3) is 0 Å². The topological polar surface area (TPSA) is 80.2 Å². The molecule has 1 atom stereocenters. The number of pyridine rings is 1. The molecule has 166 valence electrons. The zero-order valence-corrected chi connectivity index (χ0v) is 20.2. The van der Waals surface area contributed by atoms with Gasteiger partial charge < -0.3 is 9.64 Å². The van der Waals surface area contributed by atoms with Gasteiger partial charge in [-0.25, -0.2) is 14.2 Å². The molecule has 9 heteroatoms. The Kier molecular flexibility index (Phi) is 6.84. The van der Waals surface area contributed by atoms with E-state index in [9.17, 15) is 4.21 Å². The zero-order chi connectivity index (χ0) is 22.7. The zero-order valence-electron chi connectivity index (χ0n) is 18.6. The van der Waals surface area contributed by atoms with Crippen LogP contribution in [0, 0.1) is 39.5 Å². The molecule has 0 bridgehead atoms. The molecule has 0 aromatic carbocycles. The third-order valence-electron chi connectivity index (χ3n) is 5.14. The largest absolute Gasteiger partial charge is 0.378 e. The number of thiophene rings is 1. The number of anilines is 2. The SMILES string of the molecule is Cc1cc(S(=O)Nc2cc(C#Cc3c(C)ncnc3N3CCOCC3)cnc2C)c(C)s1. The molecule has 1 aliphatic rings. The van der Waals surface area contributed by atoms with Crippen molar-refractivity contribution < 1.29 is 8.95 Å². The fraction of sp³-hybridized carbons (Fsp3) is 0.348. The molecule has 0 saturated carbocycles. The van der Waals surface area contributed by atoms with Gasteiger partial charge in [-0.2, -0.15) is 0 Å². The fourth-order valence-corrected chi connectivity index (χ4v) is 5.72. The summed E-state index contributed by atoms with van der Waals surface area (Å²) in [5.41, 5.74) is 3.83. The van der Waals surface area contributed by atoms with Gasteiger partial charge in [-0.1, -0.05) is 11.8 Å². The standard InChI is InChI=1S/C23H25N5O2S2/c1-15-11-22(18(4)31-15)32(29)27-21-12-19(13-24-17(21)3)5-6-20-16(2)25-14-26-23(20)28-7-9-30-10-8-28/h11-14,27H,7-10H2,1-4H3. The number of rotatable bonds is 4. The van der Waals surface area contributed by atoms with E-state index in [1.807, 2.05) is 39.8 Å². The third kappa shape index (κ3) is 4.99. The first kappa shape index (κ1) is 22.4. The van der Waals surface area contributed by atoms with Crippen LogP contribution in [0.15, 0.2) is 29.6 Å². The van der Waals surface area contributed by atoms with Gasteiger partial charge >= 0.3 is 0 Å². The van der Waals surface area contributed by atoms with Gasteiger partial charge in [-0.3, -0.25) is 9.71 Å². The summed E-state index contributed by atoms with van der Waals surface area (Å²) in [6.45, 7) is 10.7. The number of hydrogen-bond acceptors (Lipinski definition) is 7. The maximum absolute atomic E-state index is 12.9. The van der Waals surface area contributed by atoms with Gasteiger partial charge in [0.05, 0.1) is 40.7 Å². The minimum atomic E-state index is -1.36. The molecule has 0 amide bonds. The van der Waals surface area contributed by atoms with Crippen LogP contribution in [0.4, 0.5) is 11.5 Å². The van der Waals surface area contributed by atoms with Gasteiger partial charge in [0.2, 0.25) is 0 Å². The van der Waals surface area contributed by atoms with Crippen molar-refractivity contribution in [2.75, 3.05) is 35.9 Å². The van der Waals surface area contributed by atoms with Crippen molar-refractivity contribution in [2.24, 2.45) is 0 Å². The molecular formula is C23H25N5O2S2. The predicted molar refractivity (Wildman–Crippen MR) is 129 cm³/mol. The molecule has 1 saturated heterocycles. The van der Waals surface area contributed by atoms with Crippen molar-refractivity contribution in [1.29, 1.82) is 0 Å². The summed E-state index contributed by atoms with van der Waals surface area (Å²) in [7, 11) is -1.36. The monoisotopic (exact) mass is 467 g/mol. The minimum absolute atomic E-state index is 0.674. The van der Waals surface area contributed by atoms with Gasteiger partial charge in [0, 0.05) is 34.6 Å². The van der Waals surface area contributed by atoms with Crippen LogP contribution >= 0.6 is 11.3 Å². The first-order valence-corrected chi connectivity index (χ1v) is 12.3. The molecule has 3 aromatic rings. The summed E-state index contributed by atoms with van der Waals surface area (Å²) < 4.78 is 21.4. The van der Waals surface area contributed by atoms with Crippen molar-refractivity contribution in [3.05, 3.63) is 56.9 Å². The second-order valence-corrected chi connectivity index (χ2v) is 10.2. The molecule has 4 rings (SSSR count). The van der Waals surface area contributed by atoms with Gasteiger partial charge in [0.1, 0.15) is 12.1 Å². The normalized spacial score (nSPS) is 14.6. The molecule has 7 nitrogen and oxygen atoms in total.